The zero-order valence-corrected chi connectivity index (χ0v) is 31.2. The highest BCUT2D eigenvalue weighted by molar-refractivity contribution is 6.33. The molecule has 55 heavy (non-hydrogen) atoms. The predicted molar refractivity (Wildman–Crippen MR) is 205 cm³/mol. The molecule has 3 saturated heterocycles. The number of carbonyl (C=O) groups excluding carboxylic acids is 3. The van der Waals surface area contributed by atoms with Crippen molar-refractivity contribution >= 4 is 51.3 Å². The van der Waals surface area contributed by atoms with Crippen LogP contribution >= 0.6 is 11.6 Å². The number of ether oxygens (including phenoxy) is 1. The van der Waals surface area contributed by atoms with Gasteiger partial charge in [0, 0.05) is 55.3 Å². The number of fused-ring (bicyclic) bond motifs is 1. The van der Waals surface area contributed by atoms with Gasteiger partial charge in [0.05, 0.1) is 17.3 Å². The summed E-state index contributed by atoms with van der Waals surface area (Å²) in [7, 11) is 1.62. The van der Waals surface area contributed by atoms with E-state index in [9.17, 15) is 32.3 Å². The Hall–Kier alpha value is -4.88. The molecule has 290 valence electrons. The molecule has 2 N–H and O–H groups in total. The van der Waals surface area contributed by atoms with E-state index in [0.717, 1.165) is 18.5 Å². The highest BCUT2D eigenvalue weighted by Gasteiger charge is 2.34. The van der Waals surface area contributed by atoms with Crippen molar-refractivity contribution in [3.63, 3.8) is 0 Å². The zero-order valence-electron chi connectivity index (χ0n) is 30.5. The molecule has 1 unspecified atom stereocenters. The third-order valence-corrected chi connectivity index (χ3v) is 11.4. The predicted octanol–water partition coefficient (Wildman–Crippen LogP) is 6.71. The molecule has 14 heteroatoms. The number of rotatable bonds is 10. The molecule has 3 aliphatic rings. The maximum absolute atomic E-state index is 13.6. The van der Waals surface area contributed by atoms with E-state index in [4.69, 9.17) is 11.6 Å². The number of likely N-dealkylation sites (tertiary alicyclic amines) is 1. The van der Waals surface area contributed by atoms with Crippen LogP contribution in [0.2, 0.25) is 5.02 Å². The Morgan fingerprint density at radius 2 is 1.65 bits per heavy atom. The number of Topliss-reactive ketones (excluding diaryl/α,β-unsaturated/α-hetero) is 1. The SMILES string of the molecule is Cn1cc(-c2ccc(CC3CCN(CC(=O)C4CCN(c5ccc(NC6CCC(=O)NC6=O)cc5Cl)CC4)CC3)c(OC(F)(F)F)c2)c2ccccc2c1=O. The number of hydrogen-bond donors (Lipinski definition) is 2. The molecule has 1 atom stereocenters. The molecule has 2 amide bonds. The van der Waals surface area contributed by atoms with Gasteiger partial charge in [-0.2, -0.15) is 0 Å². The third-order valence-electron chi connectivity index (χ3n) is 11.1. The number of ketones is 1. The van der Waals surface area contributed by atoms with E-state index in [0.29, 0.717) is 96.6 Å². The van der Waals surface area contributed by atoms with Gasteiger partial charge in [-0.05, 0) is 104 Å². The Morgan fingerprint density at radius 1 is 0.927 bits per heavy atom. The van der Waals surface area contributed by atoms with E-state index < -0.39 is 12.4 Å². The van der Waals surface area contributed by atoms with Gasteiger partial charge in [0.15, 0.2) is 0 Å². The second-order valence-electron chi connectivity index (χ2n) is 14.8. The normalized spacial score (nSPS) is 19.1. The molecule has 7 rings (SSSR count). The molecular formula is C41H43ClF3N5O5. The fourth-order valence-electron chi connectivity index (χ4n) is 8.09. The standard InChI is InChI=1S/C41H43ClF3N5O5/c1-48-23-32(30-4-2-3-5-31(30)40(48)54)27-6-7-28(37(21-27)55-41(43,44)45)20-25-12-16-49(17-13-25)24-36(51)26-14-18-50(19-15-26)35-10-8-29(22-33(35)42)46-34-9-11-38(52)47-39(34)53/h2-8,10,21-23,25-26,34,46H,9,11-20,24H2,1H3,(H,47,52,53). The molecule has 1 aromatic heterocycles. The van der Waals surface area contributed by atoms with Crippen molar-refractivity contribution in [3.8, 4) is 16.9 Å². The van der Waals surface area contributed by atoms with E-state index in [2.05, 4.69) is 25.2 Å². The average molecular weight is 778 g/mol. The van der Waals surface area contributed by atoms with Crippen molar-refractivity contribution < 1.29 is 32.3 Å². The number of nitrogens with zero attached hydrogens (tertiary/aromatic N) is 3. The number of amides is 2. The summed E-state index contributed by atoms with van der Waals surface area (Å²) >= 11 is 6.65. The monoisotopic (exact) mass is 777 g/mol. The van der Waals surface area contributed by atoms with Crippen LogP contribution in [0.25, 0.3) is 21.9 Å². The average Bonchev–Trinajstić information content (AvgIpc) is 3.15. The largest absolute Gasteiger partial charge is 0.573 e. The number of hydrogen-bond acceptors (Lipinski definition) is 8. The number of nitrogens with one attached hydrogen (secondary N) is 2. The quantitative estimate of drug-likeness (QED) is 0.171. The highest BCUT2D eigenvalue weighted by Crippen LogP contribution is 2.37. The van der Waals surface area contributed by atoms with Gasteiger partial charge >= 0.3 is 6.36 Å². The van der Waals surface area contributed by atoms with Crippen LogP contribution in [0.1, 0.15) is 44.1 Å². The van der Waals surface area contributed by atoms with E-state index in [1.165, 1.54) is 10.6 Å². The van der Waals surface area contributed by atoms with Gasteiger partial charge in [-0.1, -0.05) is 41.9 Å². The minimum atomic E-state index is -4.87. The van der Waals surface area contributed by atoms with Gasteiger partial charge in [0.25, 0.3) is 5.56 Å². The van der Waals surface area contributed by atoms with Crippen LogP contribution in [0.3, 0.4) is 0 Å². The summed E-state index contributed by atoms with van der Waals surface area (Å²) in [6, 6.07) is 17.0. The van der Waals surface area contributed by atoms with E-state index in [1.54, 1.807) is 55.7 Å². The summed E-state index contributed by atoms with van der Waals surface area (Å²) in [4.78, 5) is 54.0. The van der Waals surface area contributed by atoms with Gasteiger partial charge in [-0.15, -0.1) is 13.2 Å². The topological polar surface area (TPSA) is 113 Å². The first-order valence-electron chi connectivity index (χ1n) is 18.7. The number of carbonyl (C=O) groups is 3. The Morgan fingerprint density at radius 3 is 2.35 bits per heavy atom. The molecule has 0 aliphatic carbocycles. The lowest BCUT2D eigenvalue weighted by atomic mass is 9.88. The number of benzene rings is 3. The number of piperidine rings is 3. The summed E-state index contributed by atoms with van der Waals surface area (Å²) in [5.74, 6) is -0.594. The molecule has 0 spiro atoms. The smallest absolute Gasteiger partial charge is 0.405 e. The number of aromatic nitrogens is 1. The number of pyridine rings is 1. The molecular weight excluding hydrogens is 735 g/mol. The lowest BCUT2D eigenvalue weighted by Crippen LogP contribution is -2.47. The van der Waals surface area contributed by atoms with Crippen LogP contribution < -0.4 is 25.8 Å². The second-order valence-corrected chi connectivity index (χ2v) is 15.2. The van der Waals surface area contributed by atoms with Crippen LogP contribution in [0, 0.1) is 11.8 Å². The van der Waals surface area contributed by atoms with Crippen molar-refractivity contribution in [2.75, 3.05) is 42.9 Å². The van der Waals surface area contributed by atoms with E-state index in [-0.39, 0.29) is 47.2 Å². The molecule has 0 saturated carbocycles. The van der Waals surface area contributed by atoms with Gasteiger partial charge in [0.1, 0.15) is 17.6 Å². The highest BCUT2D eigenvalue weighted by atomic mass is 35.5. The Kier molecular flexibility index (Phi) is 11.2. The lowest BCUT2D eigenvalue weighted by molar-refractivity contribution is -0.274. The Balaban J connectivity index is 0.918. The molecule has 3 aliphatic heterocycles. The van der Waals surface area contributed by atoms with Gasteiger partial charge < -0.3 is 19.5 Å². The summed E-state index contributed by atoms with van der Waals surface area (Å²) in [6.07, 6.45) is 0.779. The van der Waals surface area contributed by atoms with Crippen molar-refractivity contribution in [2.24, 2.45) is 18.9 Å². The first-order valence-corrected chi connectivity index (χ1v) is 19.1. The van der Waals surface area contributed by atoms with Crippen molar-refractivity contribution in [2.45, 2.75) is 57.3 Å². The third kappa shape index (κ3) is 8.99. The van der Waals surface area contributed by atoms with Crippen LogP contribution in [0.5, 0.6) is 5.75 Å². The number of aryl methyl sites for hydroxylation is 1. The van der Waals surface area contributed by atoms with E-state index >= 15 is 0 Å². The number of halogens is 4. The minimum absolute atomic E-state index is 0.0639. The van der Waals surface area contributed by atoms with Crippen LogP contribution in [-0.4, -0.2) is 72.2 Å². The van der Waals surface area contributed by atoms with Crippen molar-refractivity contribution in [1.29, 1.82) is 0 Å². The van der Waals surface area contributed by atoms with Gasteiger partial charge in [-0.25, -0.2) is 0 Å². The molecule has 3 aromatic carbocycles. The summed E-state index contributed by atoms with van der Waals surface area (Å²) in [6.45, 7) is 3.07. The summed E-state index contributed by atoms with van der Waals surface area (Å²) in [5.41, 5.74) is 3.00. The first-order chi connectivity index (χ1) is 26.3. The fraction of sp³-hybridized carbons (Fsp3) is 0.415. The Labute approximate surface area is 321 Å². The molecule has 3 fully saturated rings. The summed E-state index contributed by atoms with van der Waals surface area (Å²) < 4.78 is 46.9. The van der Waals surface area contributed by atoms with Crippen LogP contribution in [-0.2, 0) is 27.9 Å². The molecule has 10 nitrogen and oxygen atoms in total. The summed E-state index contributed by atoms with van der Waals surface area (Å²) in [5, 5.41) is 7.17. The number of imide groups is 1. The molecule has 0 bridgehead atoms. The number of anilines is 2. The minimum Gasteiger partial charge on any atom is -0.405 e. The van der Waals surface area contributed by atoms with Crippen LogP contribution in [0.15, 0.2) is 71.7 Å². The van der Waals surface area contributed by atoms with Gasteiger partial charge in [0.2, 0.25) is 11.8 Å². The van der Waals surface area contributed by atoms with Crippen molar-refractivity contribution in [1.82, 2.24) is 14.8 Å². The maximum atomic E-state index is 13.6. The number of alkyl halides is 3. The van der Waals surface area contributed by atoms with E-state index in [1.807, 2.05) is 12.1 Å². The molecule has 4 aromatic rings. The van der Waals surface area contributed by atoms with Crippen LogP contribution in [0.4, 0.5) is 24.5 Å². The second kappa shape index (κ2) is 16.1. The maximum Gasteiger partial charge on any atom is 0.573 e. The van der Waals surface area contributed by atoms with Crippen molar-refractivity contribution in [3.05, 3.63) is 87.8 Å². The fourth-order valence-corrected chi connectivity index (χ4v) is 8.39. The lowest BCUT2D eigenvalue weighted by Gasteiger charge is -2.36. The molecule has 0 radical (unpaired) electrons. The molecule has 4 heterocycles. The first kappa shape index (κ1) is 38.4. The zero-order chi connectivity index (χ0) is 38.9. The Bertz CT molecular complexity index is 2160. The van der Waals surface area contributed by atoms with Gasteiger partial charge in [-0.3, -0.25) is 29.4 Å².